The number of rotatable bonds is 3. The second-order valence-electron chi connectivity index (χ2n) is 5.06. The van der Waals surface area contributed by atoms with Crippen LogP contribution < -0.4 is 0 Å². The maximum absolute atomic E-state index is 9.29. The van der Waals surface area contributed by atoms with Crippen molar-refractivity contribution in [3.8, 4) is 6.07 Å². The molecule has 1 unspecified atom stereocenters. The van der Waals surface area contributed by atoms with E-state index in [1.54, 1.807) is 0 Å². The molecule has 1 atom stereocenters. The summed E-state index contributed by atoms with van der Waals surface area (Å²) in [6, 6.07) is 10.8. The maximum atomic E-state index is 9.29. The average molecular weight is 216 g/mol. The van der Waals surface area contributed by atoms with Crippen LogP contribution in [0.2, 0.25) is 0 Å². The lowest BCUT2D eigenvalue weighted by Crippen LogP contribution is -2.33. The predicted octanol–water partition coefficient (Wildman–Crippen LogP) is 3.15. The molecule has 0 fully saturated rings. The first-order valence-corrected chi connectivity index (χ1v) is 5.53. The third-order valence-corrected chi connectivity index (χ3v) is 2.97. The predicted molar refractivity (Wildman–Crippen MR) is 67.0 cm³/mol. The van der Waals surface area contributed by atoms with E-state index in [1.807, 2.05) is 40.1 Å². The Kier molecular flexibility index (Phi) is 3.72. The largest absolute Gasteiger partial charge is 0.301 e. The molecule has 0 bridgehead atoms. The van der Waals surface area contributed by atoms with Crippen molar-refractivity contribution in [2.45, 2.75) is 26.8 Å². The van der Waals surface area contributed by atoms with Crippen molar-refractivity contribution < 1.29 is 0 Å². The summed E-state index contributed by atoms with van der Waals surface area (Å²) in [5.74, 6) is 0. The van der Waals surface area contributed by atoms with E-state index < -0.39 is 5.41 Å². The summed E-state index contributed by atoms with van der Waals surface area (Å²) in [6.07, 6.45) is 0. The highest BCUT2D eigenvalue weighted by Gasteiger charge is 2.33. The van der Waals surface area contributed by atoms with Gasteiger partial charge in [-0.25, -0.2) is 0 Å². The first-order chi connectivity index (χ1) is 7.40. The summed E-state index contributed by atoms with van der Waals surface area (Å²) in [5, 5.41) is 9.29. The quantitative estimate of drug-likeness (QED) is 0.776. The number of nitrogens with zero attached hydrogens (tertiary/aromatic N) is 2. The van der Waals surface area contributed by atoms with Gasteiger partial charge in [-0.2, -0.15) is 5.26 Å². The van der Waals surface area contributed by atoms with Gasteiger partial charge >= 0.3 is 0 Å². The molecule has 86 valence electrons. The van der Waals surface area contributed by atoms with Crippen molar-refractivity contribution in [2.75, 3.05) is 14.1 Å². The van der Waals surface area contributed by atoms with Gasteiger partial charge in [0, 0.05) is 0 Å². The van der Waals surface area contributed by atoms with Gasteiger partial charge in [0.25, 0.3) is 0 Å². The second kappa shape index (κ2) is 4.67. The Balaban J connectivity index is 3.25. The van der Waals surface area contributed by atoms with E-state index in [0.717, 1.165) is 0 Å². The molecule has 0 amide bonds. The standard InChI is InChI=1S/C14H20N2/c1-11-8-6-7-9-12(11)13(16(4)5)14(2,3)10-15/h6-9,13H,1-5H3. The van der Waals surface area contributed by atoms with E-state index >= 15 is 0 Å². The lowest BCUT2D eigenvalue weighted by atomic mass is 9.79. The molecule has 1 rings (SSSR count). The highest BCUT2D eigenvalue weighted by molar-refractivity contribution is 5.31. The molecule has 0 aromatic heterocycles. The van der Waals surface area contributed by atoms with Crippen LogP contribution in [0.3, 0.4) is 0 Å². The SMILES string of the molecule is Cc1ccccc1C(N(C)C)C(C)(C)C#N. The monoisotopic (exact) mass is 216 g/mol. The lowest BCUT2D eigenvalue weighted by molar-refractivity contribution is 0.184. The van der Waals surface area contributed by atoms with Crippen molar-refractivity contribution in [1.29, 1.82) is 5.26 Å². The third kappa shape index (κ3) is 2.43. The number of hydrogen-bond donors (Lipinski definition) is 0. The highest BCUT2D eigenvalue weighted by Crippen LogP contribution is 2.37. The summed E-state index contributed by atoms with van der Waals surface area (Å²) in [5.41, 5.74) is 2.08. The van der Waals surface area contributed by atoms with Crippen LogP contribution in [0.5, 0.6) is 0 Å². The molecule has 1 aromatic rings. The van der Waals surface area contributed by atoms with Crippen LogP contribution in [0.25, 0.3) is 0 Å². The zero-order valence-electron chi connectivity index (χ0n) is 10.8. The molecule has 0 N–H and O–H groups in total. The molecule has 0 heterocycles. The van der Waals surface area contributed by atoms with Crippen molar-refractivity contribution in [2.24, 2.45) is 5.41 Å². The summed E-state index contributed by atoms with van der Waals surface area (Å²) in [4.78, 5) is 2.12. The van der Waals surface area contributed by atoms with E-state index in [2.05, 4.69) is 30.0 Å². The number of benzene rings is 1. The summed E-state index contributed by atoms with van der Waals surface area (Å²) < 4.78 is 0. The van der Waals surface area contributed by atoms with Gasteiger partial charge in [0.05, 0.1) is 17.5 Å². The fourth-order valence-corrected chi connectivity index (χ4v) is 2.27. The fourth-order valence-electron chi connectivity index (χ4n) is 2.27. The lowest BCUT2D eigenvalue weighted by Gasteiger charge is -2.35. The van der Waals surface area contributed by atoms with E-state index in [1.165, 1.54) is 11.1 Å². The zero-order valence-corrected chi connectivity index (χ0v) is 10.8. The zero-order chi connectivity index (χ0) is 12.3. The summed E-state index contributed by atoms with van der Waals surface area (Å²) >= 11 is 0. The highest BCUT2D eigenvalue weighted by atomic mass is 15.1. The Bertz CT molecular complexity index is 399. The number of hydrogen-bond acceptors (Lipinski definition) is 2. The Morgan fingerprint density at radius 1 is 1.25 bits per heavy atom. The molecule has 0 saturated heterocycles. The number of nitriles is 1. The van der Waals surface area contributed by atoms with Gasteiger partial charge in [-0.3, -0.25) is 0 Å². The minimum absolute atomic E-state index is 0.124. The molecule has 16 heavy (non-hydrogen) atoms. The van der Waals surface area contributed by atoms with Crippen molar-refractivity contribution >= 4 is 0 Å². The van der Waals surface area contributed by atoms with Crippen LogP contribution in [0, 0.1) is 23.7 Å². The minimum Gasteiger partial charge on any atom is -0.301 e. The van der Waals surface area contributed by atoms with Gasteiger partial charge in [0.15, 0.2) is 0 Å². The molecule has 0 aliphatic carbocycles. The van der Waals surface area contributed by atoms with Crippen molar-refractivity contribution in [3.05, 3.63) is 35.4 Å². The second-order valence-corrected chi connectivity index (χ2v) is 5.06. The molecule has 0 spiro atoms. The minimum atomic E-state index is -0.393. The van der Waals surface area contributed by atoms with Gasteiger partial charge in [-0.15, -0.1) is 0 Å². The van der Waals surface area contributed by atoms with Gasteiger partial charge in [-0.1, -0.05) is 24.3 Å². The van der Waals surface area contributed by atoms with E-state index in [9.17, 15) is 5.26 Å². The van der Waals surface area contributed by atoms with Crippen LogP contribution in [0.15, 0.2) is 24.3 Å². The smallest absolute Gasteiger partial charge is 0.0714 e. The van der Waals surface area contributed by atoms with Gasteiger partial charge in [0.2, 0.25) is 0 Å². The van der Waals surface area contributed by atoms with Crippen LogP contribution in [-0.4, -0.2) is 19.0 Å². The average Bonchev–Trinajstić information content (AvgIpc) is 2.20. The summed E-state index contributed by atoms with van der Waals surface area (Å²) in [7, 11) is 4.05. The van der Waals surface area contributed by atoms with Gasteiger partial charge < -0.3 is 4.90 Å². The maximum Gasteiger partial charge on any atom is 0.0714 e. The van der Waals surface area contributed by atoms with Crippen molar-refractivity contribution in [1.82, 2.24) is 4.90 Å². The first-order valence-electron chi connectivity index (χ1n) is 5.53. The topological polar surface area (TPSA) is 27.0 Å². The van der Waals surface area contributed by atoms with Gasteiger partial charge in [-0.05, 0) is 46.0 Å². The van der Waals surface area contributed by atoms with Crippen molar-refractivity contribution in [3.63, 3.8) is 0 Å². The Morgan fingerprint density at radius 2 is 1.81 bits per heavy atom. The summed E-state index contributed by atoms with van der Waals surface area (Å²) in [6.45, 7) is 6.08. The molecule has 2 heteroatoms. The molecular formula is C14H20N2. The molecule has 0 saturated carbocycles. The molecule has 1 aromatic carbocycles. The van der Waals surface area contributed by atoms with Crippen LogP contribution in [0.4, 0.5) is 0 Å². The fraction of sp³-hybridized carbons (Fsp3) is 0.500. The molecule has 0 radical (unpaired) electrons. The number of aryl methyl sites for hydroxylation is 1. The van der Waals surface area contributed by atoms with E-state index in [-0.39, 0.29) is 6.04 Å². The molecule has 0 aliphatic heterocycles. The van der Waals surface area contributed by atoms with E-state index in [0.29, 0.717) is 0 Å². The third-order valence-electron chi connectivity index (χ3n) is 2.97. The normalized spacial score (nSPS) is 13.6. The van der Waals surface area contributed by atoms with Crippen LogP contribution >= 0.6 is 0 Å². The van der Waals surface area contributed by atoms with Crippen LogP contribution in [0.1, 0.15) is 31.0 Å². The first kappa shape index (κ1) is 12.7. The van der Waals surface area contributed by atoms with Crippen LogP contribution in [-0.2, 0) is 0 Å². The molecule has 0 aliphatic rings. The molecular weight excluding hydrogens is 196 g/mol. The molecule has 2 nitrogen and oxygen atoms in total. The Labute approximate surface area is 98.5 Å². The Morgan fingerprint density at radius 3 is 2.25 bits per heavy atom. The van der Waals surface area contributed by atoms with Gasteiger partial charge in [0.1, 0.15) is 0 Å². The van der Waals surface area contributed by atoms with E-state index in [4.69, 9.17) is 0 Å². The Hall–Kier alpha value is -1.33.